The van der Waals surface area contributed by atoms with E-state index < -0.39 is 34.8 Å². The normalized spacial score (nSPS) is 29.1. The Kier molecular flexibility index (Phi) is 11.1. The highest BCUT2D eigenvalue weighted by molar-refractivity contribution is 6.01. The molecule has 3 saturated heterocycles. The van der Waals surface area contributed by atoms with E-state index in [1.54, 1.807) is 24.3 Å². The van der Waals surface area contributed by atoms with Gasteiger partial charge in [0.05, 0.1) is 0 Å². The molecule has 2 unspecified atom stereocenters. The molecule has 0 radical (unpaired) electrons. The van der Waals surface area contributed by atoms with E-state index in [1.165, 1.54) is 75.7 Å². The first-order valence-electron chi connectivity index (χ1n) is 17.3. The molecule has 246 valence electrons. The standard InChI is InChI=1S/C37H50O8/c1-2-3-4-5-6-7-8-9-10-11-12-13-31(40)26-33(41)42-32-27-36(24-22-34(43-36)18-14-29(38)15-19-34)45-37(28-32)25-23-35(44-37)20-16-30(39)17-21-35/h14-21,32H,2-13,22-28H2,1H3/t32?,36-,37?/m0/s1. The molecular weight excluding hydrogens is 572 g/mol. The Morgan fingerprint density at radius 1 is 0.667 bits per heavy atom. The quantitative estimate of drug-likeness (QED) is 0.107. The third-order valence-corrected chi connectivity index (χ3v) is 9.81. The van der Waals surface area contributed by atoms with Crippen LogP contribution in [0.15, 0.2) is 48.6 Å². The van der Waals surface area contributed by atoms with Gasteiger partial charge in [0.1, 0.15) is 29.5 Å². The van der Waals surface area contributed by atoms with E-state index in [0.717, 1.165) is 19.3 Å². The first-order valence-corrected chi connectivity index (χ1v) is 17.3. The number of hydrogen-bond acceptors (Lipinski definition) is 8. The zero-order chi connectivity index (χ0) is 31.8. The lowest BCUT2D eigenvalue weighted by atomic mass is 9.89. The van der Waals surface area contributed by atoms with Gasteiger partial charge in [0.2, 0.25) is 0 Å². The van der Waals surface area contributed by atoms with Crippen molar-refractivity contribution in [3.05, 3.63) is 48.6 Å². The number of ether oxygens (including phenoxy) is 4. The van der Waals surface area contributed by atoms with Crippen molar-refractivity contribution < 1.29 is 38.1 Å². The third kappa shape index (κ3) is 8.99. The molecule has 8 nitrogen and oxygen atoms in total. The molecule has 8 heteroatoms. The number of ketones is 3. The van der Waals surface area contributed by atoms with Crippen molar-refractivity contribution >= 4 is 23.3 Å². The molecule has 0 bridgehead atoms. The molecule has 0 aromatic rings. The van der Waals surface area contributed by atoms with Crippen molar-refractivity contribution in [2.75, 3.05) is 0 Å². The second-order valence-electron chi connectivity index (χ2n) is 13.7. The highest BCUT2D eigenvalue weighted by atomic mass is 16.8. The molecule has 4 spiro atoms. The first kappa shape index (κ1) is 33.7. The van der Waals surface area contributed by atoms with Crippen molar-refractivity contribution in [2.45, 2.75) is 158 Å². The molecule has 3 atom stereocenters. The molecule has 5 aliphatic rings. The van der Waals surface area contributed by atoms with Crippen molar-refractivity contribution in [1.82, 2.24) is 0 Å². The summed E-state index contributed by atoms with van der Waals surface area (Å²) in [6, 6.07) is 0. The van der Waals surface area contributed by atoms with Crippen LogP contribution in [0.25, 0.3) is 0 Å². The lowest BCUT2D eigenvalue weighted by Gasteiger charge is -2.48. The Hall–Kier alpha value is -2.68. The monoisotopic (exact) mass is 622 g/mol. The minimum atomic E-state index is -1.10. The number of allylic oxidation sites excluding steroid dienone is 4. The number of unbranched alkanes of at least 4 members (excludes halogenated alkanes) is 10. The van der Waals surface area contributed by atoms with Gasteiger partial charge in [0.15, 0.2) is 23.1 Å². The maximum atomic E-state index is 13.0. The van der Waals surface area contributed by atoms with Crippen LogP contribution in [-0.4, -0.2) is 52.2 Å². The van der Waals surface area contributed by atoms with Gasteiger partial charge in [-0.2, -0.15) is 0 Å². The van der Waals surface area contributed by atoms with Crippen LogP contribution in [0.3, 0.4) is 0 Å². The van der Waals surface area contributed by atoms with E-state index >= 15 is 0 Å². The molecular formula is C37H50O8. The molecule has 3 heterocycles. The molecule has 2 aliphatic carbocycles. The van der Waals surface area contributed by atoms with Crippen LogP contribution in [-0.2, 0) is 38.1 Å². The fourth-order valence-corrected chi connectivity index (χ4v) is 7.42. The van der Waals surface area contributed by atoms with E-state index in [2.05, 4.69) is 6.92 Å². The van der Waals surface area contributed by atoms with Crippen LogP contribution >= 0.6 is 0 Å². The summed E-state index contributed by atoms with van der Waals surface area (Å²) in [5.41, 5.74) is -1.56. The summed E-state index contributed by atoms with van der Waals surface area (Å²) in [4.78, 5) is 49.3. The summed E-state index contributed by atoms with van der Waals surface area (Å²) < 4.78 is 25.8. The van der Waals surface area contributed by atoms with Gasteiger partial charge in [-0.3, -0.25) is 19.2 Å². The fraction of sp³-hybridized carbons (Fsp3) is 0.676. The summed E-state index contributed by atoms with van der Waals surface area (Å²) in [5.74, 6) is -3.01. The topological polar surface area (TPSA) is 105 Å². The van der Waals surface area contributed by atoms with Crippen LogP contribution in [0.4, 0.5) is 0 Å². The van der Waals surface area contributed by atoms with Gasteiger partial charge >= 0.3 is 5.97 Å². The summed E-state index contributed by atoms with van der Waals surface area (Å²) >= 11 is 0. The van der Waals surface area contributed by atoms with Crippen LogP contribution in [0.2, 0.25) is 0 Å². The second-order valence-corrected chi connectivity index (χ2v) is 13.7. The van der Waals surface area contributed by atoms with Gasteiger partial charge in [-0.1, -0.05) is 71.1 Å². The summed E-state index contributed by atoms with van der Waals surface area (Å²) in [7, 11) is 0. The Labute approximate surface area is 267 Å². The van der Waals surface area contributed by atoms with Crippen LogP contribution in [0.5, 0.6) is 0 Å². The molecule has 45 heavy (non-hydrogen) atoms. The van der Waals surface area contributed by atoms with Crippen molar-refractivity contribution in [2.24, 2.45) is 0 Å². The SMILES string of the molecule is CCCCCCCCCCCCCC(=O)CC(=O)OC1CC2(CCC3(C=CC(=O)C=C3)O2)O[C@@]2(CCC3(C=CC(=O)C=C3)O2)C1. The van der Waals surface area contributed by atoms with E-state index in [-0.39, 0.29) is 23.8 Å². The molecule has 3 fully saturated rings. The minimum Gasteiger partial charge on any atom is -0.462 e. The van der Waals surface area contributed by atoms with Gasteiger partial charge in [0.25, 0.3) is 0 Å². The van der Waals surface area contributed by atoms with Gasteiger partial charge < -0.3 is 18.9 Å². The van der Waals surface area contributed by atoms with Crippen molar-refractivity contribution in [3.63, 3.8) is 0 Å². The van der Waals surface area contributed by atoms with Gasteiger partial charge in [-0.05, 0) is 67.9 Å². The molecule has 0 aromatic heterocycles. The Morgan fingerprint density at radius 3 is 1.58 bits per heavy atom. The number of Topliss-reactive ketones (excluding diaryl/α,β-unsaturated/α-hetero) is 1. The van der Waals surface area contributed by atoms with Gasteiger partial charge in [-0.25, -0.2) is 0 Å². The zero-order valence-electron chi connectivity index (χ0n) is 26.9. The summed E-state index contributed by atoms with van der Waals surface area (Å²) in [6.45, 7) is 2.24. The average Bonchev–Trinajstić information content (AvgIpc) is 3.51. The highest BCUT2D eigenvalue weighted by Crippen LogP contribution is 2.55. The summed E-state index contributed by atoms with van der Waals surface area (Å²) in [6.07, 6.45) is 28.7. The Morgan fingerprint density at radius 2 is 1.11 bits per heavy atom. The van der Waals surface area contributed by atoms with E-state index in [9.17, 15) is 19.2 Å². The number of esters is 1. The molecule has 5 rings (SSSR count). The number of carbonyl (C=O) groups is 4. The predicted octanol–water partition coefficient (Wildman–Crippen LogP) is 7.25. The van der Waals surface area contributed by atoms with Crippen molar-refractivity contribution in [1.29, 1.82) is 0 Å². The van der Waals surface area contributed by atoms with E-state index in [4.69, 9.17) is 18.9 Å². The molecule has 3 aliphatic heterocycles. The number of hydrogen-bond donors (Lipinski definition) is 0. The van der Waals surface area contributed by atoms with E-state index in [0.29, 0.717) is 44.9 Å². The van der Waals surface area contributed by atoms with E-state index in [1.807, 2.05) is 0 Å². The number of rotatable bonds is 15. The van der Waals surface area contributed by atoms with Crippen molar-refractivity contribution in [3.8, 4) is 0 Å². The molecule has 0 N–H and O–H groups in total. The molecule has 0 saturated carbocycles. The number of carbonyl (C=O) groups excluding carboxylic acids is 4. The summed E-state index contributed by atoms with van der Waals surface area (Å²) in [5, 5.41) is 0. The first-order chi connectivity index (χ1) is 21.7. The largest absolute Gasteiger partial charge is 0.462 e. The lowest BCUT2D eigenvalue weighted by molar-refractivity contribution is -0.386. The fourth-order valence-electron chi connectivity index (χ4n) is 7.42. The Balaban J connectivity index is 1.12. The average molecular weight is 623 g/mol. The smallest absolute Gasteiger partial charge is 0.313 e. The maximum Gasteiger partial charge on any atom is 0.313 e. The zero-order valence-corrected chi connectivity index (χ0v) is 26.9. The van der Waals surface area contributed by atoms with Gasteiger partial charge in [-0.15, -0.1) is 0 Å². The minimum absolute atomic E-state index is 0.0937. The van der Waals surface area contributed by atoms with Crippen LogP contribution < -0.4 is 0 Å². The van der Waals surface area contributed by atoms with Gasteiger partial charge in [0, 0.05) is 32.1 Å². The lowest BCUT2D eigenvalue weighted by Crippen LogP contribution is -2.55. The van der Waals surface area contributed by atoms with Crippen LogP contribution in [0.1, 0.15) is 129 Å². The Bertz CT molecular complexity index is 1130. The van der Waals surface area contributed by atoms with Crippen LogP contribution in [0, 0.1) is 0 Å². The predicted molar refractivity (Wildman–Crippen MR) is 169 cm³/mol. The maximum absolute atomic E-state index is 13.0. The third-order valence-electron chi connectivity index (χ3n) is 9.81. The molecule has 0 amide bonds. The highest BCUT2D eigenvalue weighted by Gasteiger charge is 2.61. The molecule has 0 aromatic carbocycles. The second kappa shape index (κ2) is 14.8.